The normalized spacial score (nSPS) is 16.0. The fourth-order valence-corrected chi connectivity index (χ4v) is 2.74. The van der Waals surface area contributed by atoms with Crippen molar-refractivity contribution in [1.82, 2.24) is 5.32 Å². The van der Waals surface area contributed by atoms with Crippen molar-refractivity contribution in [3.8, 4) is 5.75 Å². The molecule has 0 atom stereocenters. The molecule has 78 valence electrons. The van der Waals surface area contributed by atoms with Gasteiger partial charge < -0.3 is 10.4 Å². The highest BCUT2D eigenvalue weighted by molar-refractivity contribution is 7.19. The molecule has 2 aromatic rings. The van der Waals surface area contributed by atoms with Crippen molar-refractivity contribution in [3.63, 3.8) is 0 Å². The van der Waals surface area contributed by atoms with Crippen LogP contribution in [0.2, 0.25) is 0 Å². The number of phenols is 1. The standard InChI is InChI=1S/C12H13NOS/c14-11-3-1-2-8-6-10(15-12(8)11)7-13-9-4-5-9/h1-3,6,9,13-14H,4-5,7H2. The van der Waals surface area contributed by atoms with Gasteiger partial charge in [0.1, 0.15) is 5.75 Å². The molecule has 0 saturated heterocycles. The summed E-state index contributed by atoms with van der Waals surface area (Å²) in [6.45, 7) is 0.934. The minimum atomic E-state index is 0.398. The molecule has 1 aromatic heterocycles. The van der Waals surface area contributed by atoms with E-state index in [2.05, 4.69) is 11.4 Å². The first-order valence-corrected chi connectivity index (χ1v) is 6.08. The molecule has 0 bridgehead atoms. The topological polar surface area (TPSA) is 32.3 Å². The van der Waals surface area contributed by atoms with Crippen LogP contribution in [0.1, 0.15) is 17.7 Å². The summed E-state index contributed by atoms with van der Waals surface area (Å²) in [7, 11) is 0. The third-order valence-electron chi connectivity index (χ3n) is 2.72. The molecular formula is C12H13NOS. The number of fused-ring (bicyclic) bond motifs is 1. The van der Waals surface area contributed by atoms with Gasteiger partial charge in [0.15, 0.2) is 0 Å². The highest BCUT2D eigenvalue weighted by Crippen LogP contribution is 2.33. The number of phenolic OH excluding ortho intramolecular Hbond substituents is 1. The number of nitrogens with one attached hydrogen (secondary N) is 1. The van der Waals surface area contributed by atoms with Crippen LogP contribution in [0.3, 0.4) is 0 Å². The van der Waals surface area contributed by atoms with Gasteiger partial charge in [-0.1, -0.05) is 12.1 Å². The molecule has 1 aliphatic carbocycles. The van der Waals surface area contributed by atoms with Gasteiger partial charge in [0.05, 0.1) is 4.70 Å². The van der Waals surface area contributed by atoms with Gasteiger partial charge >= 0.3 is 0 Å². The van der Waals surface area contributed by atoms with E-state index in [1.807, 2.05) is 12.1 Å². The van der Waals surface area contributed by atoms with Gasteiger partial charge in [-0.2, -0.15) is 0 Å². The van der Waals surface area contributed by atoms with Crippen molar-refractivity contribution in [3.05, 3.63) is 29.1 Å². The van der Waals surface area contributed by atoms with Gasteiger partial charge in [0.2, 0.25) is 0 Å². The minimum absolute atomic E-state index is 0.398. The van der Waals surface area contributed by atoms with Crippen molar-refractivity contribution in [2.75, 3.05) is 0 Å². The van der Waals surface area contributed by atoms with E-state index in [0.29, 0.717) is 5.75 Å². The highest BCUT2D eigenvalue weighted by Gasteiger charge is 2.20. The first-order valence-electron chi connectivity index (χ1n) is 5.27. The maximum Gasteiger partial charge on any atom is 0.133 e. The second-order valence-electron chi connectivity index (χ2n) is 4.06. The van der Waals surface area contributed by atoms with E-state index in [-0.39, 0.29) is 0 Å². The van der Waals surface area contributed by atoms with Gasteiger partial charge in [-0.05, 0) is 30.4 Å². The Morgan fingerprint density at radius 3 is 3.00 bits per heavy atom. The fourth-order valence-electron chi connectivity index (χ4n) is 1.72. The van der Waals surface area contributed by atoms with Gasteiger partial charge in [0.25, 0.3) is 0 Å². The first kappa shape index (κ1) is 9.19. The predicted molar refractivity (Wildman–Crippen MR) is 63.4 cm³/mol. The van der Waals surface area contributed by atoms with Crippen molar-refractivity contribution >= 4 is 21.4 Å². The van der Waals surface area contributed by atoms with E-state index in [1.165, 1.54) is 17.7 Å². The smallest absolute Gasteiger partial charge is 0.133 e. The lowest BCUT2D eigenvalue weighted by Gasteiger charge is -1.97. The Hall–Kier alpha value is -1.06. The maximum absolute atomic E-state index is 9.66. The largest absolute Gasteiger partial charge is 0.506 e. The molecule has 0 aliphatic heterocycles. The second-order valence-corrected chi connectivity index (χ2v) is 5.20. The zero-order valence-corrected chi connectivity index (χ0v) is 9.18. The number of hydrogen-bond donors (Lipinski definition) is 2. The average Bonchev–Trinajstić information content (AvgIpc) is 2.95. The van der Waals surface area contributed by atoms with Crippen molar-refractivity contribution < 1.29 is 5.11 Å². The molecule has 2 nitrogen and oxygen atoms in total. The monoisotopic (exact) mass is 219 g/mol. The number of aromatic hydroxyl groups is 1. The van der Waals surface area contributed by atoms with E-state index in [0.717, 1.165) is 22.7 Å². The van der Waals surface area contributed by atoms with Crippen LogP contribution in [0.15, 0.2) is 24.3 Å². The number of hydrogen-bond acceptors (Lipinski definition) is 3. The van der Waals surface area contributed by atoms with Crippen LogP contribution in [0, 0.1) is 0 Å². The zero-order valence-electron chi connectivity index (χ0n) is 8.36. The van der Waals surface area contributed by atoms with E-state index in [1.54, 1.807) is 17.4 Å². The molecule has 1 heterocycles. The van der Waals surface area contributed by atoms with Crippen LogP contribution < -0.4 is 5.32 Å². The summed E-state index contributed by atoms with van der Waals surface area (Å²) in [4.78, 5) is 1.30. The summed E-state index contributed by atoms with van der Waals surface area (Å²) in [5.74, 6) is 0.398. The van der Waals surface area contributed by atoms with Gasteiger partial charge in [0, 0.05) is 17.5 Å². The molecule has 0 radical (unpaired) electrons. The molecule has 15 heavy (non-hydrogen) atoms. The molecule has 0 spiro atoms. The summed E-state index contributed by atoms with van der Waals surface area (Å²) in [5.41, 5.74) is 0. The average molecular weight is 219 g/mol. The Balaban J connectivity index is 1.88. The lowest BCUT2D eigenvalue weighted by Crippen LogP contribution is -2.14. The Bertz CT molecular complexity index is 487. The van der Waals surface area contributed by atoms with E-state index >= 15 is 0 Å². The first-order chi connectivity index (χ1) is 7.33. The summed E-state index contributed by atoms with van der Waals surface area (Å²) >= 11 is 1.68. The van der Waals surface area contributed by atoms with Gasteiger partial charge in [-0.3, -0.25) is 0 Å². The molecule has 0 amide bonds. The summed E-state index contributed by atoms with van der Waals surface area (Å²) in [6, 6.07) is 8.59. The molecule has 3 rings (SSSR count). The molecule has 1 saturated carbocycles. The second kappa shape index (κ2) is 3.51. The number of benzene rings is 1. The molecule has 2 N–H and O–H groups in total. The Labute approximate surface area is 92.6 Å². The SMILES string of the molecule is Oc1cccc2cc(CNC3CC3)sc12. The minimum Gasteiger partial charge on any atom is -0.506 e. The molecule has 3 heteroatoms. The third kappa shape index (κ3) is 1.85. The van der Waals surface area contributed by atoms with Crippen molar-refractivity contribution in [1.29, 1.82) is 0 Å². The summed E-state index contributed by atoms with van der Waals surface area (Å²) in [5, 5.41) is 14.3. The Morgan fingerprint density at radius 1 is 1.40 bits per heavy atom. The lowest BCUT2D eigenvalue weighted by molar-refractivity contribution is 0.482. The van der Waals surface area contributed by atoms with Crippen LogP contribution in [0.5, 0.6) is 5.75 Å². The van der Waals surface area contributed by atoms with Crippen LogP contribution in [-0.2, 0) is 6.54 Å². The third-order valence-corrected chi connectivity index (χ3v) is 3.89. The number of rotatable bonds is 3. The van der Waals surface area contributed by atoms with Crippen molar-refractivity contribution in [2.24, 2.45) is 0 Å². The highest BCUT2D eigenvalue weighted by atomic mass is 32.1. The van der Waals surface area contributed by atoms with E-state index in [9.17, 15) is 5.11 Å². The van der Waals surface area contributed by atoms with Crippen LogP contribution in [0.4, 0.5) is 0 Å². The molecular weight excluding hydrogens is 206 g/mol. The summed E-state index contributed by atoms with van der Waals surface area (Å²) in [6.07, 6.45) is 2.63. The van der Waals surface area contributed by atoms with Gasteiger partial charge in [-0.25, -0.2) is 0 Å². The number of thiophene rings is 1. The van der Waals surface area contributed by atoms with Gasteiger partial charge in [-0.15, -0.1) is 11.3 Å². The molecule has 1 fully saturated rings. The van der Waals surface area contributed by atoms with E-state index in [4.69, 9.17) is 0 Å². The Kier molecular flexibility index (Phi) is 2.15. The zero-order chi connectivity index (χ0) is 10.3. The molecule has 1 aromatic carbocycles. The molecule has 0 unspecified atom stereocenters. The quantitative estimate of drug-likeness (QED) is 0.832. The van der Waals surface area contributed by atoms with E-state index < -0.39 is 0 Å². The van der Waals surface area contributed by atoms with Crippen LogP contribution in [0.25, 0.3) is 10.1 Å². The summed E-state index contributed by atoms with van der Waals surface area (Å²) < 4.78 is 1.00. The van der Waals surface area contributed by atoms with Crippen LogP contribution in [-0.4, -0.2) is 11.1 Å². The maximum atomic E-state index is 9.66. The predicted octanol–water partition coefficient (Wildman–Crippen LogP) is 2.86. The molecule has 1 aliphatic rings. The van der Waals surface area contributed by atoms with Crippen molar-refractivity contribution in [2.45, 2.75) is 25.4 Å². The van der Waals surface area contributed by atoms with Crippen LogP contribution >= 0.6 is 11.3 Å². The lowest BCUT2D eigenvalue weighted by atomic mass is 10.2. The Morgan fingerprint density at radius 2 is 2.27 bits per heavy atom. The fraction of sp³-hybridized carbons (Fsp3) is 0.333.